The Balaban J connectivity index is 0. The van der Waals surface area contributed by atoms with Gasteiger partial charge < -0.3 is 16.4 Å². The quantitative estimate of drug-likeness (QED) is 0.509. The van der Waals surface area contributed by atoms with E-state index in [4.69, 9.17) is 0 Å². The monoisotopic (exact) mass is 388 g/mol. The molecule has 0 aliphatic carbocycles. The Morgan fingerprint density at radius 1 is 0.667 bits per heavy atom. The molecule has 0 aliphatic rings. The van der Waals surface area contributed by atoms with Gasteiger partial charge in [0.05, 0.1) is 0 Å². The van der Waals surface area contributed by atoms with Crippen LogP contribution in [0.5, 0.6) is 0 Å². The van der Waals surface area contributed by atoms with Crippen LogP contribution in [-0.4, -0.2) is 0 Å². The molecule has 0 aromatic rings. The number of hydrogen-bond acceptors (Lipinski definition) is 0. The summed E-state index contributed by atoms with van der Waals surface area (Å²) in [6, 6.07) is 0. The van der Waals surface area contributed by atoms with Crippen molar-refractivity contribution in [2.24, 2.45) is 0 Å². The van der Waals surface area contributed by atoms with Gasteiger partial charge in [0.25, 0.3) is 0 Å². The fourth-order valence-corrected chi connectivity index (χ4v) is 0. The zero-order chi connectivity index (χ0) is 0. The molecule has 0 amide bonds. The summed E-state index contributed by atoms with van der Waals surface area (Å²) in [5, 5.41) is 0. The summed E-state index contributed by atoms with van der Waals surface area (Å²) in [6.07, 6.45) is 0. The Kier molecular flexibility index (Phi) is 1400. The Morgan fingerprint density at radius 3 is 0.667 bits per heavy atom. The van der Waals surface area contributed by atoms with Gasteiger partial charge in [0.15, 0.2) is 0 Å². The second-order valence-corrected chi connectivity index (χ2v) is 0. The van der Waals surface area contributed by atoms with E-state index in [0.29, 0.717) is 0 Å². The molecule has 0 aromatic carbocycles. The van der Waals surface area contributed by atoms with Crippen molar-refractivity contribution in [3.63, 3.8) is 0 Å². The molecule has 0 atom stereocenters. The molecule has 46 valence electrons. The maximum Gasteiger partial charge on any atom is 0 e. The van der Waals surface area contributed by atoms with Gasteiger partial charge in [-0.2, -0.15) is 0 Å². The molecule has 0 aromatic heterocycles. The summed E-state index contributed by atoms with van der Waals surface area (Å²) >= 11 is 0. The molecule has 0 heterocycles. The van der Waals surface area contributed by atoms with E-state index in [1.54, 1.807) is 0 Å². The Hall–Kier alpha value is 1.75. The van der Waals surface area contributed by atoms with Crippen LogP contribution in [0.25, 0.3) is 0 Å². The molecular weight excluding hydrogens is 386 g/mol. The van der Waals surface area contributed by atoms with E-state index < -0.39 is 0 Å². The smallest absolute Gasteiger partial charge is 0 e. The summed E-state index contributed by atoms with van der Waals surface area (Å²) in [6.45, 7) is 0. The van der Waals surface area contributed by atoms with Gasteiger partial charge >= 0.3 is 0 Å². The van der Waals surface area contributed by atoms with Crippen molar-refractivity contribution in [2.45, 2.75) is 0 Å². The van der Waals surface area contributed by atoms with Crippen molar-refractivity contribution in [1.29, 1.82) is 0 Å². The van der Waals surface area contributed by atoms with E-state index in [-0.39, 0.29) is 75.1 Å². The van der Waals surface area contributed by atoms with Gasteiger partial charge in [0, 0.05) is 58.6 Å². The molecule has 3 nitrogen and oxygen atoms in total. The topological polar surface area (TPSA) is 85.5 Å². The average molecular weight is 386 g/mol. The van der Waals surface area contributed by atoms with E-state index in [0.717, 1.165) is 0 Å². The summed E-state index contributed by atoms with van der Waals surface area (Å²) in [7, 11) is 0. The Morgan fingerprint density at radius 2 is 0.667 bits per heavy atom. The van der Waals surface area contributed by atoms with Crippen LogP contribution in [0.2, 0.25) is 0 Å². The van der Waals surface area contributed by atoms with Crippen molar-refractivity contribution in [3.8, 4) is 0 Å². The van der Waals surface area contributed by atoms with Crippen LogP contribution in [0.1, 0.15) is 0 Å². The second kappa shape index (κ2) is 72.9. The zero-order valence-electron chi connectivity index (χ0n) is 2.36. The Bertz CT molecular complexity index is 10.8. The SMILES string of the molecule is [Mo].[Ni].[O-2].[O-2].[O-2].[W]. The third-order valence-electron chi connectivity index (χ3n) is 0. The van der Waals surface area contributed by atoms with Crippen LogP contribution in [0.3, 0.4) is 0 Å². The molecule has 0 saturated heterocycles. The first kappa shape index (κ1) is 115. The maximum atomic E-state index is 0. The van der Waals surface area contributed by atoms with Crippen molar-refractivity contribution >= 4 is 0 Å². The molecule has 6 heteroatoms. The first-order chi connectivity index (χ1) is 0. The molecule has 0 fully saturated rings. The third kappa shape index (κ3) is 42.4. The van der Waals surface area contributed by atoms with E-state index in [9.17, 15) is 0 Å². The summed E-state index contributed by atoms with van der Waals surface area (Å²) in [5.41, 5.74) is 0. The number of rotatable bonds is 0. The predicted molar refractivity (Wildman–Crippen MR) is 2.06 cm³/mol. The first-order valence-electron chi connectivity index (χ1n) is 0. The molecule has 0 unspecified atom stereocenters. The fraction of sp³-hybridized carbons (Fsp3) is 0. The molecule has 0 radical (unpaired) electrons. The van der Waals surface area contributed by atoms with Crippen LogP contribution in [0, 0.1) is 0 Å². The molecule has 0 saturated carbocycles. The van der Waals surface area contributed by atoms with Gasteiger partial charge in [0.2, 0.25) is 0 Å². The van der Waals surface area contributed by atoms with Gasteiger partial charge in [-0.05, 0) is 0 Å². The van der Waals surface area contributed by atoms with Crippen LogP contribution in [0.4, 0.5) is 0 Å². The Labute approximate surface area is 74.6 Å². The van der Waals surface area contributed by atoms with E-state index in [2.05, 4.69) is 0 Å². The van der Waals surface area contributed by atoms with Crippen LogP contribution in [-0.2, 0) is 75.1 Å². The molecule has 0 bridgehead atoms. The van der Waals surface area contributed by atoms with Crippen molar-refractivity contribution in [3.05, 3.63) is 0 Å². The molecule has 0 N–H and O–H groups in total. The maximum absolute atomic E-state index is 0. The average Bonchev–Trinajstić information content (AvgIpc) is 0. The largest absolute Gasteiger partial charge is 2.00 e. The normalized spacial score (nSPS) is 0. The second-order valence-electron chi connectivity index (χ2n) is 0. The summed E-state index contributed by atoms with van der Waals surface area (Å²) < 4.78 is 0. The van der Waals surface area contributed by atoms with E-state index in [1.807, 2.05) is 0 Å². The third-order valence-corrected chi connectivity index (χ3v) is 0. The van der Waals surface area contributed by atoms with Gasteiger partial charge in [-0.3, -0.25) is 0 Å². The molecule has 0 spiro atoms. The minimum atomic E-state index is 0. The van der Waals surface area contributed by atoms with Crippen molar-refractivity contribution in [1.82, 2.24) is 0 Å². The van der Waals surface area contributed by atoms with Gasteiger partial charge in [-0.1, -0.05) is 0 Å². The van der Waals surface area contributed by atoms with Crippen molar-refractivity contribution in [2.75, 3.05) is 0 Å². The molecule has 0 rings (SSSR count). The fourth-order valence-electron chi connectivity index (χ4n) is 0. The minimum absolute atomic E-state index is 0. The molecular formula is MoNiO3W-6. The number of hydrogen-bond donors (Lipinski definition) is 0. The van der Waals surface area contributed by atoms with E-state index >= 15 is 0 Å². The summed E-state index contributed by atoms with van der Waals surface area (Å²) in [4.78, 5) is 0. The molecule has 6 heavy (non-hydrogen) atoms. The predicted octanol–water partition coefficient (Wildman–Crippen LogP) is -0.364. The van der Waals surface area contributed by atoms with E-state index in [1.165, 1.54) is 0 Å². The van der Waals surface area contributed by atoms with Crippen LogP contribution in [0.15, 0.2) is 0 Å². The van der Waals surface area contributed by atoms with Gasteiger partial charge in [-0.15, -0.1) is 0 Å². The first-order valence-corrected chi connectivity index (χ1v) is 0. The van der Waals surface area contributed by atoms with Crippen molar-refractivity contribution < 1.29 is 75.1 Å². The standard InChI is InChI=1S/Mo.Ni.3O.W/q;;3*-2;. The van der Waals surface area contributed by atoms with Crippen LogP contribution >= 0.6 is 0 Å². The van der Waals surface area contributed by atoms with Gasteiger partial charge in [0.1, 0.15) is 0 Å². The van der Waals surface area contributed by atoms with Crippen LogP contribution < -0.4 is 0 Å². The molecule has 0 aliphatic heterocycles. The minimum Gasteiger partial charge on any atom is -2.00 e. The summed E-state index contributed by atoms with van der Waals surface area (Å²) in [5.74, 6) is 0. The van der Waals surface area contributed by atoms with Gasteiger partial charge in [-0.25, -0.2) is 0 Å². The zero-order valence-corrected chi connectivity index (χ0v) is 8.29.